The molecule has 0 amide bonds. The van der Waals surface area contributed by atoms with Crippen LogP contribution in [-0.2, 0) is 6.42 Å². The molecule has 0 saturated heterocycles. The van der Waals surface area contributed by atoms with Gasteiger partial charge in [-0.25, -0.2) is 4.39 Å². The minimum absolute atomic E-state index is 0.0284. The molecule has 0 bridgehead atoms. The average molecular weight is 362 g/mol. The van der Waals surface area contributed by atoms with Crippen LogP contribution in [0.25, 0.3) is 0 Å². The van der Waals surface area contributed by atoms with Gasteiger partial charge in [-0.3, -0.25) is 0 Å². The molecular formula is C15H12BrCl2F. The van der Waals surface area contributed by atoms with Gasteiger partial charge in [0.25, 0.3) is 0 Å². The zero-order chi connectivity index (χ0) is 14.0. The van der Waals surface area contributed by atoms with Gasteiger partial charge < -0.3 is 0 Å². The molecule has 0 nitrogen and oxygen atoms in total. The first-order chi connectivity index (χ1) is 8.97. The van der Waals surface area contributed by atoms with E-state index in [4.69, 9.17) is 23.2 Å². The fourth-order valence-electron chi connectivity index (χ4n) is 1.97. The number of hydrogen-bond donors (Lipinski definition) is 0. The third kappa shape index (κ3) is 3.71. The molecule has 1 unspecified atom stereocenters. The lowest BCUT2D eigenvalue weighted by molar-refractivity contribution is 0.608. The van der Waals surface area contributed by atoms with Gasteiger partial charge in [-0.2, -0.15) is 0 Å². The van der Waals surface area contributed by atoms with E-state index in [1.54, 1.807) is 12.1 Å². The molecule has 0 radical (unpaired) electrons. The lowest BCUT2D eigenvalue weighted by Crippen LogP contribution is -1.99. The van der Waals surface area contributed by atoms with Crippen molar-refractivity contribution in [1.29, 1.82) is 0 Å². The summed E-state index contributed by atoms with van der Waals surface area (Å²) in [6, 6.07) is 10.5. The molecule has 2 aromatic carbocycles. The fraction of sp³-hybridized carbons (Fsp3) is 0.200. The van der Waals surface area contributed by atoms with E-state index < -0.39 is 0 Å². The molecule has 0 aliphatic carbocycles. The molecule has 19 heavy (non-hydrogen) atoms. The van der Waals surface area contributed by atoms with Crippen LogP contribution in [0.15, 0.2) is 36.4 Å². The molecule has 0 aromatic heterocycles. The smallest absolute Gasteiger partial charge is 0.127 e. The zero-order valence-electron chi connectivity index (χ0n) is 10.3. The van der Waals surface area contributed by atoms with E-state index in [0.717, 1.165) is 11.1 Å². The lowest BCUT2D eigenvalue weighted by atomic mass is 10.0. The number of aryl methyl sites for hydroxylation is 1. The van der Waals surface area contributed by atoms with Crippen molar-refractivity contribution in [3.63, 3.8) is 0 Å². The van der Waals surface area contributed by atoms with E-state index in [1.807, 2.05) is 25.1 Å². The van der Waals surface area contributed by atoms with Crippen LogP contribution >= 0.6 is 39.1 Å². The second kappa shape index (κ2) is 6.25. The van der Waals surface area contributed by atoms with Gasteiger partial charge in [0.1, 0.15) is 5.82 Å². The molecule has 0 aliphatic heterocycles. The molecule has 2 rings (SSSR count). The highest BCUT2D eigenvalue weighted by Gasteiger charge is 2.15. The third-order valence-corrected chi connectivity index (χ3v) is 4.30. The van der Waals surface area contributed by atoms with Crippen molar-refractivity contribution < 1.29 is 4.39 Å². The molecule has 0 N–H and O–H groups in total. The minimum Gasteiger partial charge on any atom is -0.207 e. The topological polar surface area (TPSA) is 0 Å². The summed E-state index contributed by atoms with van der Waals surface area (Å²) < 4.78 is 13.8. The van der Waals surface area contributed by atoms with Crippen LogP contribution in [0.4, 0.5) is 4.39 Å². The lowest BCUT2D eigenvalue weighted by Gasteiger charge is -2.13. The predicted octanol–water partition coefficient (Wildman–Crippen LogP) is 6.12. The van der Waals surface area contributed by atoms with Gasteiger partial charge in [0, 0.05) is 20.4 Å². The third-order valence-electron chi connectivity index (χ3n) is 2.87. The predicted molar refractivity (Wildman–Crippen MR) is 83.0 cm³/mol. The molecule has 1 atom stereocenters. The molecule has 100 valence electrons. The average Bonchev–Trinajstić information content (AvgIpc) is 2.32. The number of hydrogen-bond acceptors (Lipinski definition) is 0. The largest absolute Gasteiger partial charge is 0.207 e. The maximum atomic E-state index is 13.8. The van der Waals surface area contributed by atoms with Gasteiger partial charge in [0.05, 0.1) is 0 Å². The summed E-state index contributed by atoms with van der Waals surface area (Å²) >= 11 is 15.7. The first-order valence-electron chi connectivity index (χ1n) is 5.81. The van der Waals surface area contributed by atoms with E-state index in [2.05, 4.69) is 15.9 Å². The Bertz CT molecular complexity index is 558. The highest BCUT2D eigenvalue weighted by Crippen LogP contribution is 2.32. The number of benzene rings is 2. The Kier molecular flexibility index (Phi) is 4.88. The summed E-state index contributed by atoms with van der Waals surface area (Å²) in [5.74, 6) is -0.282. The highest BCUT2D eigenvalue weighted by atomic mass is 79.9. The van der Waals surface area contributed by atoms with Crippen LogP contribution in [-0.4, -0.2) is 0 Å². The first kappa shape index (κ1) is 14.8. The summed E-state index contributed by atoms with van der Waals surface area (Å²) in [5.41, 5.74) is 2.61. The van der Waals surface area contributed by atoms with Gasteiger partial charge in [0.15, 0.2) is 0 Å². The monoisotopic (exact) mass is 360 g/mol. The highest BCUT2D eigenvalue weighted by molar-refractivity contribution is 9.09. The number of alkyl halides is 1. The van der Waals surface area contributed by atoms with Gasteiger partial charge >= 0.3 is 0 Å². The maximum Gasteiger partial charge on any atom is 0.127 e. The summed E-state index contributed by atoms with van der Waals surface area (Å²) in [6.45, 7) is 1.98. The molecule has 0 aliphatic rings. The standard InChI is InChI=1S/C15H12BrCl2F/c1-9-5-10(7-11(17)6-9)13(16)8-12-14(18)3-2-4-15(12)19/h2-7,13H,8H2,1H3. The van der Waals surface area contributed by atoms with Crippen LogP contribution in [0.5, 0.6) is 0 Å². The van der Waals surface area contributed by atoms with Gasteiger partial charge in [-0.15, -0.1) is 0 Å². The number of rotatable bonds is 3. The Morgan fingerprint density at radius 3 is 2.58 bits per heavy atom. The quantitative estimate of drug-likeness (QED) is 0.577. The van der Waals surface area contributed by atoms with Crippen molar-refractivity contribution in [1.82, 2.24) is 0 Å². The molecule has 0 fully saturated rings. The molecule has 4 heteroatoms. The van der Waals surface area contributed by atoms with Crippen LogP contribution in [0.2, 0.25) is 10.0 Å². The maximum absolute atomic E-state index is 13.8. The second-order valence-corrected chi connectivity index (χ2v) is 6.38. The Morgan fingerprint density at radius 1 is 1.21 bits per heavy atom. The second-order valence-electron chi connectivity index (χ2n) is 4.43. The zero-order valence-corrected chi connectivity index (χ0v) is 13.4. The van der Waals surface area contributed by atoms with Crippen LogP contribution in [0.1, 0.15) is 21.5 Å². The van der Waals surface area contributed by atoms with E-state index in [0.29, 0.717) is 22.0 Å². The summed E-state index contributed by atoms with van der Waals surface area (Å²) in [6.07, 6.45) is 0.477. The molecular weight excluding hydrogens is 350 g/mol. The van der Waals surface area contributed by atoms with Crippen molar-refractivity contribution in [2.45, 2.75) is 18.2 Å². The van der Waals surface area contributed by atoms with Gasteiger partial charge in [-0.05, 0) is 48.7 Å². The van der Waals surface area contributed by atoms with Crippen molar-refractivity contribution in [2.24, 2.45) is 0 Å². The number of halogens is 4. The van der Waals surface area contributed by atoms with Crippen LogP contribution < -0.4 is 0 Å². The van der Waals surface area contributed by atoms with Gasteiger partial charge in [-0.1, -0.05) is 51.3 Å². The van der Waals surface area contributed by atoms with Crippen molar-refractivity contribution in [3.8, 4) is 0 Å². The van der Waals surface area contributed by atoms with Crippen molar-refractivity contribution >= 4 is 39.1 Å². The van der Waals surface area contributed by atoms with E-state index in [9.17, 15) is 4.39 Å². The van der Waals surface area contributed by atoms with E-state index in [-0.39, 0.29) is 10.6 Å². The molecule has 0 heterocycles. The van der Waals surface area contributed by atoms with Crippen LogP contribution in [0, 0.1) is 12.7 Å². The molecule has 0 saturated carbocycles. The molecule has 2 aromatic rings. The van der Waals surface area contributed by atoms with Crippen LogP contribution in [0.3, 0.4) is 0 Å². The normalized spacial score (nSPS) is 12.5. The summed E-state index contributed by atoms with van der Waals surface area (Å²) in [7, 11) is 0. The first-order valence-corrected chi connectivity index (χ1v) is 7.48. The minimum atomic E-state index is -0.282. The van der Waals surface area contributed by atoms with E-state index in [1.165, 1.54) is 6.07 Å². The SMILES string of the molecule is Cc1cc(Cl)cc(C(Br)Cc2c(F)cccc2Cl)c1. The Balaban J connectivity index is 2.28. The summed E-state index contributed by atoms with van der Waals surface area (Å²) in [4.78, 5) is -0.0284. The molecule has 0 spiro atoms. The van der Waals surface area contributed by atoms with E-state index >= 15 is 0 Å². The fourth-order valence-corrected chi connectivity index (χ4v) is 3.10. The summed E-state index contributed by atoms with van der Waals surface area (Å²) in [5, 5.41) is 1.13. The van der Waals surface area contributed by atoms with Gasteiger partial charge in [0.2, 0.25) is 0 Å². The Morgan fingerprint density at radius 2 is 1.95 bits per heavy atom. The van der Waals surface area contributed by atoms with Crippen molar-refractivity contribution in [3.05, 3.63) is 69.0 Å². The Hall–Kier alpha value is -0.570. The van der Waals surface area contributed by atoms with Crippen molar-refractivity contribution in [2.75, 3.05) is 0 Å². The Labute approximate surface area is 130 Å².